The molecule has 0 fully saturated rings. The third kappa shape index (κ3) is 4.97. The molecule has 1 amide bonds. The number of aliphatic hydroxyl groups excluding tert-OH is 1. The number of benzene rings is 3. The average molecular weight is 513 g/mol. The number of halogens is 1. The highest BCUT2D eigenvalue weighted by Gasteiger charge is 2.25. The van der Waals surface area contributed by atoms with Gasteiger partial charge in [0.1, 0.15) is 17.6 Å². The summed E-state index contributed by atoms with van der Waals surface area (Å²) in [5.41, 5.74) is 5.73. The first-order valence-electron chi connectivity index (χ1n) is 12.5. The zero-order valence-corrected chi connectivity index (χ0v) is 21.7. The van der Waals surface area contributed by atoms with E-state index in [0.29, 0.717) is 28.0 Å². The first kappa shape index (κ1) is 25.4. The molecule has 2 N–H and O–H groups in total. The zero-order chi connectivity index (χ0) is 27.0. The Hall–Kier alpha value is -4.23. The van der Waals surface area contributed by atoms with E-state index in [4.69, 9.17) is 8.94 Å². The summed E-state index contributed by atoms with van der Waals surface area (Å²) in [5, 5.41) is 18.3. The van der Waals surface area contributed by atoms with Crippen molar-refractivity contribution in [3.05, 3.63) is 123 Å². The molecule has 0 saturated heterocycles. The van der Waals surface area contributed by atoms with Crippen molar-refractivity contribution in [2.24, 2.45) is 0 Å². The number of nitrogens with one attached hydrogen (secondary N) is 1. The van der Waals surface area contributed by atoms with E-state index in [-0.39, 0.29) is 29.7 Å². The molecule has 2 atom stereocenters. The molecular weight excluding hydrogens is 483 g/mol. The van der Waals surface area contributed by atoms with E-state index in [1.54, 1.807) is 26.0 Å². The first-order chi connectivity index (χ1) is 18.2. The Morgan fingerprint density at radius 2 is 1.79 bits per heavy atom. The maximum absolute atomic E-state index is 15.0. The van der Waals surface area contributed by atoms with Gasteiger partial charge in [-0.1, -0.05) is 59.3 Å². The lowest BCUT2D eigenvalue weighted by Crippen LogP contribution is -2.31. The number of aromatic nitrogens is 1. The van der Waals surface area contributed by atoms with E-state index < -0.39 is 11.9 Å². The number of furan rings is 1. The molecule has 0 radical (unpaired) electrons. The van der Waals surface area contributed by atoms with E-state index in [2.05, 4.69) is 16.5 Å². The highest BCUT2D eigenvalue weighted by molar-refractivity contribution is 5.84. The second-order valence-corrected chi connectivity index (χ2v) is 9.73. The topological polar surface area (TPSA) is 88.5 Å². The van der Waals surface area contributed by atoms with E-state index in [1.165, 1.54) is 6.07 Å². The van der Waals surface area contributed by atoms with E-state index in [0.717, 1.165) is 22.3 Å². The van der Waals surface area contributed by atoms with Crippen LogP contribution < -0.4 is 5.32 Å². The van der Waals surface area contributed by atoms with Gasteiger partial charge in [0.05, 0.1) is 23.7 Å². The fourth-order valence-electron chi connectivity index (χ4n) is 4.98. The van der Waals surface area contributed by atoms with Gasteiger partial charge in [-0.15, -0.1) is 0 Å². The molecule has 0 spiro atoms. The highest BCUT2D eigenvalue weighted by Crippen LogP contribution is 2.33. The van der Waals surface area contributed by atoms with Crippen LogP contribution in [0.25, 0.3) is 11.0 Å². The number of hydrogen-bond acceptors (Lipinski definition) is 5. The number of carbonyl (C=O) groups excluding carboxylic acids is 1. The molecule has 0 bridgehead atoms. The third-order valence-electron chi connectivity index (χ3n) is 6.82. The number of aliphatic hydroxyl groups is 1. The van der Waals surface area contributed by atoms with Gasteiger partial charge in [0.2, 0.25) is 5.91 Å². The standard InChI is InChI=1S/C31H29FN2O4/c1-17-10-11-24(18(2)12-17)29(22-8-6-5-7-9-22)33-27(35)15-21-13-23-16-26(37-31(23)25(32)14-21)30(36)28-19(3)34-38-20(28)4/h5-14,16,29-30,36H,15H2,1-4H3,(H,33,35)/t29-,30?/m0/s1. The number of hydrogen-bond donors (Lipinski definition) is 2. The molecule has 5 rings (SSSR count). The molecule has 0 aliphatic heterocycles. The maximum Gasteiger partial charge on any atom is 0.225 e. The predicted octanol–water partition coefficient (Wildman–Crippen LogP) is 6.32. The summed E-state index contributed by atoms with van der Waals surface area (Å²) >= 11 is 0. The Kier molecular flexibility index (Phi) is 6.87. The quantitative estimate of drug-likeness (QED) is 0.266. The van der Waals surface area contributed by atoms with Crippen molar-refractivity contribution in [2.45, 2.75) is 46.3 Å². The van der Waals surface area contributed by atoms with Crippen molar-refractivity contribution in [2.75, 3.05) is 0 Å². The van der Waals surface area contributed by atoms with Crippen LogP contribution in [0.1, 0.15) is 62.7 Å². The molecular formula is C31H29FN2O4. The van der Waals surface area contributed by atoms with E-state index in [1.807, 2.05) is 56.3 Å². The summed E-state index contributed by atoms with van der Waals surface area (Å²) in [6, 6.07) is 20.2. The monoisotopic (exact) mass is 512 g/mol. The summed E-state index contributed by atoms with van der Waals surface area (Å²) in [4.78, 5) is 13.2. The lowest BCUT2D eigenvalue weighted by Gasteiger charge is -2.22. The largest absolute Gasteiger partial charge is 0.455 e. The van der Waals surface area contributed by atoms with Gasteiger partial charge in [0.25, 0.3) is 0 Å². The summed E-state index contributed by atoms with van der Waals surface area (Å²) < 4.78 is 25.8. The van der Waals surface area contributed by atoms with Gasteiger partial charge in [-0.05, 0) is 68.1 Å². The van der Waals surface area contributed by atoms with Gasteiger partial charge >= 0.3 is 0 Å². The number of carbonyl (C=O) groups is 1. The summed E-state index contributed by atoms with van der Waals surface area (Å²) in [7, 11) is 0. The molecule has 5 aromatic rings. The van der Waals surface area contributed by atoms with Gasteiger partial charge in [0.15, 0.2) is 11.4 Å². The second-order valence-electron chi connectivity index (χ2n) is 9.73. The van der Waals surface area contributed by atoms with Crippen molar-refractivity contribution in [1.82, 2.24) is 10.5 Å². The molecule has 194 valence electrons. The number of amides is 1. The Morgan fingerprint density at radius 3 is 2.47 bits per heavy atom. The maximum atomic E-state index is 15.0. The van der Waals surface area contributed by atoms with E-state index in [9.17, 15) is 9.90 Å². The zero-order valence-electron chi connectivity index (χ0n) is 21.7. The molecule has 2 aromatic heterocycles. The van der Waals surface area contributed by atoms with Crippen LogP contribution in [-0.2, 0) is 11.2 Å². The van der Waals surface area contributed by atoms with Crippen LogP contribution in [-0.4, -0.2) is 16.2 Å². The lowest BCUT2D eigenvalue weighted by atomic mass is 9.93. The molecule has 3 aromatic carbocycles. The lowest BCUT2D eigenvalue weighted by molar-refractivity contribution is -0.120. The number of nitrogens with zero attached hydrogens (tertiary/aromatic N) is 1. The first-order valence-corrected chi connectivity index (χ1v) is 12.5. The molecule has 0 saturated carbocycles. The Morgan fingerprint density at radius 1 is 1.03 bits per heavy atom. The predicted molar refractivity (Wildman–Crippen MR) is 142 cm³/mol. The average Bonchev–Trinajstić information content (AvgIpc) is 3.46. The van der Waals surface area contributed by atoms with Crippen LogP contribution in [0.15, 0.2) is 75.7 Å². The minimum absolute atomic E-state index is 0.0198. The fraction of sp³-hybridized carbons (Fsp3) is 0.226. The van der Waals surface area contributed by atoms with Gasteiger partial charge in [0, 0.05) is 5.39 Å². The Bertz CT molecular complexity index is 1600. The second kappa shape index (κ2) is 10.3. The van der Waals surface area contributed by atoms with Crippen molar-refractivity contribution in [3.8, 4) is 0 Å². The molecule has 0 aliphatic rings. The molecule has 2 heterocycles. The third-order valence-corrected chi connectivity index (χ3v) is 6.82. The van der Waals surface area contributed by atoms with Gasteiger partial charge < -0.3 is 19.4 Å². The van der Waals surface area contributed by atoms with Crippen molar-refractivity contribution in [3.63, 3.8) is 0 Å². The number of rotatable bonds is 7. The van der Waals surface area contributed by atoms with Gasteiger partial charge in [-0.2, -0.15) is 0 Å². The minimum atomic E-state index is -1.15. The summed E-state index contributed by atoms with van der Waals surface area (Å²) in [6.07, 6.45) is -1.17. The fourth-order valence-corrected chi connectivity index (χ4v) is 4.98. The smallest absolute Gasteiger partial charge is 0.225 e. The molecule has 1 unspecified atom stereocenters. The molecule has 0 aliphatic carbocycles. The summed E-state index contributed by atoms with van der Waals surface area (Å²) in [6.45, 7) is 7.47. The van der Waals surface area contributed by atoms with Gasteiger partial charge in [-0.3, -0.25) is 4.79 Å². The van der Waals surface area contributed by atoms with Crippen LogP contribution in [0.4, 0.5) is 4.39 Å². The van der Waals surface area contributed by atoms with Gasteiger partial charge in [-0.25, -0.2) is 4.39 Å². The molecule has 6 nitrogen and oxygen atoms in total. The summed E-state index contributed by atoms with van der Waals surface area (Å²) in [5.74, 6) is -0.201. The van der Waals surface area contributed by atoms with Crippen LogP contribution in [0.2, 0.25) is 0 Å². The van der Waals surface area contributed by atoms with Crippen molar-refractivity contribution in [1.29, 1.82) is 0 Å². The van der Waals surface area contributed by atoms with Crippen LogP contribution in [0.3, 0.4) is 0 Å². The number of fused-ring (bicyclic) bond motifs is 1. The molecule has 38 heavy (non-hydrogen) atoms. The van der Waals surface area contributed by atoms with E-state index >= 15 is 4.39 Å². The normalized spacial score (nSPS) is 13.0. The van der Waals surface area contributed by atoms with Crippen molar-refractivity contribution >= 4 is 16.9 Å². The van der Waals surface area contributed by atoms with Crippen LogP contribution >= 0.6 is 0 Å². The Balaban J connectivity index is 1.41. The van der Waals surface area contributed by atoms with Crippen molar-refractivity contribution < 1.29 is 23.2 Å². The SMILES string of the molecule is Cc1ccc([C@@H](NC(=O)Cc2cc(F)c3oc(C(O)c4c(C)noc4C)cc3c2)c2ccccc2)c(C)c1. The highest BCUT2D eigenvalue weighted by atomic mass is 19.1. The minimum Gasteiger partial charge on any atom is -0.455 e. The Labute approximate surface area is 220 Å². The molecule has 7 heteroatoms. The van der Waals surface area contributed by atoms with Crippen LogP contribution in [0, 0.1) is 33.5 Å². The van der Waals surface area contributed by atoms with Crippen LogP contribution in [0.5, 0.6) is 0 Å². The number of aryl methyl sites for hydroxylation is 4.